The summed E-state index contributed by atoms with van der Waals surface area (Å²) in [5.74, 6) is 5.50. The van der Waals surface area contributed by atoms with Crippen molar-refractivity contribution in [1.82, 2.24) is 14.2 Å². The molecule has 1 aromatic carbocycles. The van der Waals surface area contributed by atoms with E-state index >= 15 is 0 Å². The van der Waals surface area contributed by atoms with Gasteiger partial charge in [0.2, 0.25) is 0 Å². The van der Waals surface area contributed by atoms with Gasteiger partial charge in [0, 0.05) is 0 Å². The van der Waals surface area contributed by atoms with Crippen LogP contribution in [0.5, 0.6) is 0 Å². The molecule has 4 nitrogen and oxygen atoms in total. The summed E-state index contributed by atoms with van der Waals surface area (Å²) < 4.78 is 8.14. The molecule has 1 heterocycles. The Hall–Kier alpha value is -1.30. The predicted octanol–water partition coefficient (Wildman–Crippen LogP) is 1.29. The molecular weight excluding hydrogens is 208 g/mol. The Kier molecular flexibility index (Phi) is 3.39. The third-order valence-corrected chi connectivity index (χ3v) is 2.71. The van der Waals surface area contributed by atoms with E-state index in [-0.39, 0.29) is 6.04 Å². The third kappa shape index (κ3) is 2.59. The molecule has 1 unspecified atom stereocenters. The molecule has 1 aromatic heterocycles. The fourth-order valence-electron chi connectivity index (χ4n) is 1.42. The maximum absolute atomic E-state index is 5.50. The molecule has 0 aliphatic carbocycles. The van der Waals surface area contributed by atoms with Gasteiger partial charge in [0.15, 0.2) is 0 Å². The van der Waals surface area contributed by atoms with Crippen LogP contribution in [-0.2, 0) is 6.42 Å². The Bertz CT molecular complexity index is 387. The maximum atomic E-state index is 5.50. The zero-order valence-electron chi connectivity index (χ0n) is 8.13. The van der Waals surface area contributed by atoms with Crippen LogP contribution in [0.15, 0.2) is 36.5 Å². The Morgan fingerprint density at radius 3 is 2.73 bits per heavy atom. The highest BCUT2D eigenvalue weighted by atomic mass is 32.1. The van der Waals surface area contributed by atoms with Crippen LogP contribution in [0.1, 0.15) is 17.3 Å². The van der Waals surface area contributed by atoms with Crippen molar-refractivity contribution in [3.8, 4) is 0 Å². The summed E-state index contributed by atoms with van der Waals surface area (Å²) in [6.07, 6.45) is 2.57. The first kappa shape index (κ1) is 10.2. The number of rotatable bonds is 4. The average Bonchev–Trinajstić information content (AvgIpc) is 2.81. The Labute approximate surface area is 92.4 Å². The van der Waals surface area contributed by atoms with Crippen molar-refractivity contribution >= 4 is 11.7 Å². The quantitative estimate of drug-likeness (QED) is 0.602. The molecule has 3 N–H and O–H groups in total. The first-order valence-corrected chi connectivity index (χ1v) is 5.40. The molecule has 0 bridgehead atoms. The molecule has 78 valence electrons. The number of hydrogen-bond donors (Lipinski definition) is 2. The van der Waals surface area contributed by atoms with E-state index in [9.17, 15) is 0 Å². The zero-order valence-corrected chi connectivity index (χ0v) is 8.95. The van der Waals surface area contributed by atoms with Crippen LogP contribution in [0.2, 0.25) is 0 Å². The zero-order chi connectivity index (χ0) is 10.5. The molecular formula is C10H12N4S. The van der Waals surface area contributed by atoms with E-state index in [1.54, 1.807) is 6.20 Å². The molecule has 0 radical (unpaired) electrons. The van der Waals surface area contributed by atoms with Crippen molar-refractivity contribution in [1.29, 1.82) is 0 Å². The number of aromatic nitrogens is 2. The van der Waals surface area contributed by atoms with Crippen molar-refractivity contribution < 1.29 is 0 Å². The van der Waals surface area contributed by atoms with Crippen LogP contribution >= 0.6 is 11.7 Å². The number of benzene rings is 1. The highest BCUT2D eigenvalue weighted by Gasteiger charge is 2.12. The van der Waals surface area contributed by atoms with E-state index in [0.29, 0.717) is 0 Å². The minimum absolute atomic E-state index is 0.0335. The van der Waals surface area contributed by atoms with E-state index < -0.39 is 0 Å². The fourth-order valence-corrected chi connectivity index (χ4v) is 1.90. The van der Waals surface area contributed by atoms with Gasteiger partial charge < -0.3 is 0 Å². The lowest BCUT2D eigenvalue weighted by atomic mass is 10.0. The lowest BCUT2D eigenvalue weighted by Crippen LogP contribution is -2.29. The molecule has 2 aromatic rings. The summed E-state index contributed by atoms with van der Waals surface area (Å²) in [6, 6.07) is 10.2. The number of hydrazine groups is 1. The first-order valence-electron chi connectivity index (χ1n) is 4.67. The van der Waals surface area contributed by atoms with Gasteiger partial charge in [-0.05, 0) is 12.0 Å². The van der Waals surface area contributed by atoms with Crippen molar-refractivity contribution in [2.24, 2.45) is 5.84 Å². The molecule has 2 rings (SSSR count). The normalized spacial score (nSPS) is 12.6. The van der Waals surface area contributed by atoms with Gasteiger partial charge >= 0.3 is 0 Å². The number of hydrogen-bond acceptors (Lipinski definition) is 5. The van der Waals surface area contributed by atoms with Gasteiger partial charge in [-0.1, -0.05) is 30.3 Å². The summed E-state index contributed by atoms with van der Waals surface area (Å²) in [5, 5.41) is 0. The maximum Gasteiger partial charge on any atom is 0.0929 e. The number of nitrogens with two attached hydrogens (primary N) is 1. The van der Waals surface area contributed by atoms with Gasteiger partial charge in [0.25, 0.3) is 0 Å². The summed E-state index contributed by atoms with van der Waals surface area (Å²) in [6.45, 7) is 0. The molecule has 5 heteroatoms. The molecule has 0 amide bonds. The third-order valence-electron chi connectivity index (χ3n) is 2.22. The van der Waals surface area contributed by atoms with Crippen molar-refractivity contribution in [2.45, 2.75) is 12.5 Å². The monoisotopic (exact) mass is 220 g/mol. The first-order chi connectivity index (χ1) is 7.40. The van der Waals surface area contributed by atoms with Gasteiger partial charge in [0.1, 0.15) is 0 Å². The molecule has 0 saturated carbocycles. The lowest BCUT2D eigenvalue weighted by Gasteiger charge is -2.12. The smallest absolute Gasteiger partial charge is 0.0929 e. The van der Waals surface area contributed by atoms with Gasteiger partial charge in [-0.2, -0.15) is 8.75 Å². The average molecular weight is 220 g/mol. The molecule has 0 spiro atoms. The van der Waals surface area contributed by atoms with E-state index in [1.807, 2.05) is 18.2 Å². The Morgan fingerprint density at radius 1 is 1.33 bits per heavy atom. The van der Waals surface area contributed by atoms with E-state index in [2.05, 4.69) is 26.3 Å². The molecule has 1 atom stereocenters. The molecule has 0 aliphatic rings. The molecule has 0 saturated heterocycles. The van der Waals surface area contributed by atoms with Crippen molar-refractivity contribution in [3.63, 3.8) is 0 Å². The van der Waals surface area contributed by atoms with E-state index in [0.717, 1.165) is 12.1 Å². The highest BCUT2D eigenvalue weighted by molar-refractivity contribution is 6.99. The highest BCUT2D eigenvalue weighted by Crippen LogP contribution is 2.15. The van der Waals surface area contributed by atoms with Gasteiger partial charge in [-0.15, -0.1) is 0 Å². The van der Waals surface area contributed by atoms with Crippen LogP contribution < -0.4 is 11.3 Å². The van der Waals surface area contributed by atoms with Gasteiger partial charge in [-0.25, -0.2) is 0 Å². The van der Waals surface area contributed by atoms with Crippen LogP contribution in [0.4, 0.5) is 0 Å². The molecule has 0 fully saturated rings. The van der Waals surface area contributed by atoms with Crippen molar-refractivity contribution in [2.75, 3.05) is 0 Å². The second-order valence-electron chi connectivity index (χ2n) is 3.24. The summed E-state index contributed by atoms with van der Waals surface area (Å²) in [5.41, 5.74) is 4.88. The predicted molar refractivity (Wildman–Crippen MR) is 60.1 cm³/mol. The summed E-state index contributed by atoms with van der Waals surface area (Å²) >= 11 is 1.20. The van der Waals surface area contributed by atoms with Crippen LogP contribution in [0, 0.1) is 0 Å². The summed E-state index contributed by atoms with van der Waals surface area (Å²) in [4.78, 5) is 0. The van der Waals surface area contributed by atoms with Gasteiger partial charge in [-0.3, -0.25) is 11.3 Å². The largest absolute Gasteiger partial charge is 0.271 e. The molecule has 15 heavy (non-hydrogen) atoms. The summed E-state index contributed by atoms with van der Waals surface area (Å²) in [7, 11) is 0. The Balaban J connectivity index is 2.10. The SMILES string of the molecule is NNC(Cc1ccccc1)c1cnsn1. The minimum atomic E-state index is 0.0335. The van der Waals surface area contributed by atoms with E-state index in [1.165, 1.54) is 17.3 Å². The Morgan fingerprint density at radius 2 is 2.13 bits per heavy atom. The van der Waals surface area contributed by atoms with E-state index in [4.69, 9.17) is 5.84 Å². The van der Waals surface area contributed by atoms with Crippen LogP contribution in [0.3, 0.4) is 0 Å². The second-order valence-corrected chi connectivity index (χ2v) is 3.80. The fraction of sp³-hybridized carbons (Fsp3) is 0.200. The minimum Gasteiger partial charge on any atom is -0.271 e. The van der Waals surface area contributed by atoms with Crippen LogP contribution in [-0.4, -0.2) is 8.75 Å². The standard InChI is InChI=1S/C10H12N4S/c11-13-9(10-7-12-15-14-10)6-8-4-2-1-3-5-8/h1-5,7,9,13H,6,11H2. The topological polar surface area (TPSA) is 63.8 Å². The van der Waals surface area contributed by atoms with Gasteiger partial charge in [0.05, 0.1) is 29.7 Å². The van der Waals surface area contributed by atoms with Crippen LogP contribution in [0.25, 0.3) is 0 Å². The second kappa shape index (κ2) is 4.97. The molecule has 0 aliphatic heterocycles. The lowest BCUT2D eigenvalue weighted by molar-refractivity contribution is 0.542. The van der Waals surface area contributed by atoms with Crippen molar-refractivity contribution in [3.05, 3.63) is 47.8 Å². The number of nitrogens with zero attached hydrogens (tertiary/aromatic N) is 2. The number of nitrogens with one attached hydrogen (secondary N) is 1.